The van der Waals surface area contributed by atoms with Crippen LogP contribution >= 0.6 is 0 Å². The lowest BCUT2D eigenvalue weighted by Crippen LogP contribution is -2.25. The summed E-state index contributed by atoms with van der Waals surface area (Å²) in [5, 5.41) is 3.68. The number of aryl methyl sites for hydroxylation is 2. The Morgan fingerprint density at radius 2 is 2.07 bits per heavy atom. The van der Waals surface area contributed by atoms with Crippen molar-refractivity contribution in [3.05, 3.63) is 64.0 Å². The Bertz CT molecular complexity index is 1100. The molecule has 4 rings (SSSR count). The van der Waals surface area contributed by atoms with Crippen molar-refractivity contribution in [1.82, 2.24) is 0 Å². The first-order valence-electron chi connectivity index (χ1n) is 9.31. The molecule has 0 aliphatic carbocycles. The minimum Gasteiger partial charge on any atom is -0.484 e. The predicted molar refractivity (Wildman–Crippen MR) is 109 cm³/mol. The van der Waals surface area contributed by atoms with Crippen molar-refractivity contribution in [1.29, 1.82) is 0 Å². The van der Waals surface area contributed by atoms with Gasteiger partial charge in [-0.3, -0.25) is 4.79 Å². The summed E-state index contributed by atoms with van der Waals surface area (Å²) >= 11 is 0. The lowest BCUT2D eigenvalue weighted by molar-refractivity contribution is -0.118. The van der Waals surface area contributed by atoms with E-state index in [2.05, 4.69) is 17.3 Å². The number of hydrogen-bond acceptors (Lipinski definition) is 5. The number of fused-ring (bicyclic) bond motifs is 2. The number of nitrogens with zero attached hydrogens (tertiary/aromatic N) is 1. The number of benzene rings is 2. The molecule has 28 heavy (non-hydrogen) atoms. The van der Waals surface area contributed by atoms with Crippen molar-refractivity contribution in [3.63, 3.8) is 0 Å². The summed E-state index contributed by atoms with van der Waals surface area (Å²) in [5.74, 6) is 0.326. The fraction of sp³-hybridized carbons (Fsp3) is 0.273. The zero-order valence-corrected chi connectivity index (χ0v) is 16.0. The maximum atomic E-state index is 12.3. The molecule has 1 aliphatic heterocycles. The van der Waals surface area contributed by atoms with Gasteiger partial charge in [-0.1, -0.05) is 0 Å². The summed E-state index contributed by atoms with van der Waals surface area (Å²) < 4.78 is 10.8. The van der Waals surface area contributed by atoms with Gasteiger partial charge in [0.15, 0.2) is 6.61 Å². The number of hydrogen-bond donors (Lipinski definition) is 1. The SMILES string of the molecule is Cc1cc(=O)oc2ccc(OCC(=O)Nc3ccc4c(c3)CCCN4C)cc12. The van der Waals surface area contributed by atoms with Crippen LogP contribution in [0.15, 0.2) is 51.7 Å². The zero-order chi connectivity index (χ0) is 19.7. The molecule has 144 valence electrons. The summed E-state index contributed by atoms with van der Waals surface area (Å²) in [4.78, 5) is 26.0. The molecule has 0 spiro atoms. The van der Waals surface area contributed by atoms with E-state index in [1.165, 1.54) is 17.3 Å². The third-order valence-electron chi connectivity index (χ3n) is 5.00. The monoisotopic (exact) mass is 378 g/mol. The van der Waals surface area contributed by atoms with E-state index < -0.39 is 0 Å². The average Bonchev–Trinajstić information content (AvgIpc) is 2.66. The molecule has 0 bridgehead atoms. The molecule has 6 heteroatoms. The summed E-state index contributed by atoms with van der Waals surface area (Å²) in [6.45, 7) is 2.79. The van der Waals surface area contributed by atoms with E-state index in [4.69, 9.17) is 9.15 Å². The van der Waals surface area contributed by atoms with Crippen LogP contribution in [0.5, 0.6) is 5.75 Å². The summed E-state index contributed by atoms with van der Waals surface area (Å²) in [5.41, 5.74) is 4.17. The van der Waals surface area contributed by atoms with Crippen molar-refractivity contribution in [2.24, 2.45) is 0 Å². The Labute approximate surface area is 162 Å². The number of carbonyl (C=O) groups is 1. The van der Waals surface area contributed by atoms with Crippen LogP contribution in [0.4, 0.5) is 11.4 Å². The molecule has 0 fully saturated rings. The van der Waals surface area contributed by atoms with E-state index in [-0.39, 0.29) is 18.1 Å². The average molecular weight is 378 g/mol. The third-order valence-corrected chi connectivity index (χ3v) is 5.00. The van der Waals surface area contributed by atoms with Crippen molar-refractivity contribution >= 4 is 28.3 Å². The topological polar surface area (TPSA) is 71.8 Å². The molecule has 0 unspecified atom stereocenters. The van der Waals surface area contributed by atoms with Crippen molar-refractivity contribution in [2.75, 3.05) is 30.4 Å². The van der Waals surface area contributed by atoms with Crippen LogP contribution in [0, 0.1) is 6.92 Å². The highest BCUT2D eigenvalue weighted by Gasteiger charge is 2.14. The van der Waals surface area contributed by atoms with Crippen LogP contribution in [0.1, 0.15) is 17.5 Å². The second-order valence-corrected chi connectivity index (χ2v) is 7.11. The Morgan fingerprint density at radius 1 is 1.21 bits per heavy atom. The van der Waals surface area contributed by atoms with Gasteiger partial charge in [0.05, 0.1) is 0 Å². The number of nitrogens with one attached hydrogen (secondary N) is 1. The van der Waals surface area contributed by atoms with Gasteiger partial charge in [0.1, 0.15) is 11.3 Å². The molecule has 1 N–H and O–H groups in total. The third kappa shape index (κ3) is 3.71. The quantitative estimate of drug-likeness (QED) is 0.704. The highest BCUT2D eigenvalue weighted by Crippen LogP contribution is 2.28. The van der Waals surface area contributed by atoms with Gasteiger partial charge < -0.3 is 19.4 Å². The molecule has 2 heterocycles. The Morgan fingerprint density at radius 3 is 2.93 bits per heavy atom. The number of carbonyl (C=O) groups excluding carboxylic acids is 1. The van der Waals surface area contributed by atoms with Crippen LogP contribution in [0.3, 0.4) is 0 Å². The fourth-order valence-electron chi connectivity index (χ4n) is 3.60. The van der Waals surface area contributed by atoms with E-state index in [1.807, 2.05) is 25.1 Å². The molecular weight excluding hydrogens is 356 g/mol. The maximum absolute atomic E-state index is 12.3. The molecule has 6 nitrogen and oxygen atoms in total. The largest absolute Gasteiger partial charge is 0.484 e. The van der Waals surface area contributed by atoms with Gasteiger partial charge in [0.2, 0.25) is 0 Å². The van der Waals surface area contributed by atoms with E-state index in [1.54, 1.807) is 18.2 Å². The molecule has 1 aromatic heterocycles. The van der Waals surface area contributed by atoms with Gasteiger partial charge in [0.25, 0.3) is 5.91 Å². The number of anilines is 2. The molecule has 2 aromatic carbocycles. The Hall–Kier alpha value is -3.28. The van der Waals surface area contributed by atoms with Crippen LogP contribution in [0.25, 0.3) is 11.0 Å². The van der Waals surface area contributed by atoms with Crippen molar-refractivity contribution in [2.45, 2.75) is 19.8 Å². The second kappa shape index (κ2) is 7.38. The fourth-order valence-corrected chi connectivity index (χ4v) is 3.60. The Kier molecular flexibility index (Phi) is 4.77. The van der Waals surface area contributed by atoms with Crippen LogP contribution in [0.2, 0.25) is 0 Å². The molecule has 1 amide bonds. The van der Waals surface area contributed by atoms with Crippen molar-refractivity contribution < 1.29 is 13.9 Å². The van der Waals surface area contributed by atoms with Crippen molar-refractivity contribution in [3.8, 4) is 5.75 Å². The standard InChI is InChI=1S/C22H22N2O4/c1-14-10-22(26)28-20-8-6-17(12-18(14)20)27-13-21(25)23-16-5-7-19-15(11-16)4-3-9-24(19)2/h5-8,10-12H,3-4,9,13H2,1-2H3,(H,23,25). The van der Waals surface area contributed by atoms with E-state index in [9.17, 15) is 9.59 Å². The van der Waals surface area contributed by atoms with Gasteiger partial charge >= 0.3 is 5.63 Å². The lowest BCUT2D eigenvalue weighted by Gasteiger charge is -2.27. The van der Waals surface area contributed by atoms with Gasteiger partial charge in [0, 0.05) is 36.4 Å². The molecule has 1 aliphatic rings. The van der Waals surface area contributed by atoms with Gasteiger partial charge in [-0.15, -0.1) is 0 Å². The minimum absolute atomic E-state index is 0.0989. The van der Waals surface area contributed by atoms with Crippen LogP contribution in [-0.4, -0.2) is 26.1 Å². The predicted octanol–water partition coefficient (Wildman–Crippen LogP) is 3.50. The molecule has 0 radical (unpaired) electrons. The van der Waals surface area contributed by atoms with E-state index >= 15 is 0 Å². The summed E-state index contributed by atoms with van der Waals surface area (Å²) in [6.07, 6.45) is 2.14. The molecule has 0 saturated carbocycles. The number of amides is 1. The number of ether oxygens (including phenoxy) is 1. The lowest BCUT2D eigenvalue weighted by atomic mass is 10.0. The normalized spacial score (nSPS) is 13.3. The minimum atomic E-state index is -0.380. The highest BCUT2D eigenvalue weighted by atomic mass is 16.5. The van der Waals surface area contributed by atoms with Gasteiger partial charge in [-0.05, 0) is 67.3 Å². The highest BCUT2D eigenvalue weighted by molar-refractivity contribution is 5.92. The van der Waals surface area contributed by atoms with Crippen LogP contribution < -0.4 is 20.6 Å². The molecule has 0 saturated heterocycles. The summed E-state index contributed by atoms with van der Waals surface area (Å²) in [6, 6.07) is 12.6. The second-order valence-electron chi connectivity index (χ2n) is 7.11. The molecule has 3 aromatic rings. The first kappa shape index (κ1) is 18.1. The van der Waals surface area contributed by atoms with Gasteiger partial charge in [-0.2, -0.15) is 0 Å². The first-order chi connectivity index (χ1) is 13.5. The van der Waals surface area contributed by atoms with Crippen LogP contribution in [-0.2, 0) is 11.2 Å². The first-order valence-corrected chi connectivity index (χ1v) is 9.31. The molecule has 0 atom stereocenters. The smallest absolute Gasteiger partial charge is 0.336 e. The number of rotatable bonds is 4. The van der Waals surface area contributed by atoms with E-state index in [0.29, 0.717) is 11.3 Å². The van der Waals surface area contributed by atoms with Gasteiger partial charge in [-0.25, -0.2) is 4.79 Å². The molecular formula is C22H22N2O4. The summed E-state index contributed by atoms with van der Waals surface area (Å²) in [7, 11) is 2.08. The Balaban J connectivity index is 1.42. The maximum Gasteiger partial charge on any atom is 0.336 e. The van der Waals surface area contributed by atoms with E-state index in [0.717, 1.165) is 36.0 Å². The zero-order valence-electron chi connectivity index (χ0n) is 16.0.